The number of carbonyl (C=O) groups excluding carboxylic acids is 2. The maximum absolute atomic E-state index is 12.3. The van der Waals surface area contributed by atoms with E-state index in [1.807, 2.05) is 6.07 Å². The molecule has 2 N–H and O–H groups in total. The molecule has 1 heterocycles. The Morgan fingerprint density at radius 1 is 1.25 bits per heavy atom. The lowest BCUT2D eigenvalue weighted by atomic mass is 10.2. The number of amides is 3. The Bertz CT molecular complexity index is 569. The fourth-order valence-corrected chi connectivity index (χ4v) is 2.89. The summed E-state index contributed by atoms with van der Waals surface area (Å²) in [5, 5.41) is 5.17. The Balaban J connectivity index is 1.83. The van der Waals surface area contributed by atoms with Gasteiger partial charge in [0.05, 0.1) is 0 Å². The van der Waals surface area contributed by atoms with Gasteiger partial charge in [-0.1, -0.05) is 18.2 Å². The molecule has 0 saturated carbocycles. The quantitative estimate of drug-likeness (QED) is 0.793. The second-order valence-electron chi connectivity index (χ2n) is 5.23. The number of urea groups is 1. The van der Waals surface area contributed by atoms with Gasteiger partial charge in [0.25, 0.3) is 0 Å². The van der Waals surface area contributed by atoms with Gasteiger partial charge in [-0.15, -0.1) is 0 Å². The molecular formula is C15H18F3N3O2S. The summed E-state index contributed by atoms with van der Waals surface area (Å²) in [6.07, 6.45) is 1.21. The van der Waals surface area contributed by atoms with Crippen LogP contribution >= 0.6 is 11.8 Å². The highest BCUT2D eigenvalue weighted by atomic mass is 32.2. The van der Waals surface area contributed by atoms with Crippen LogP contribution in [0.5, 0.6) is 0 Å². The van der Waals surface area contributed by atoms with Crippen LogP contribution in [0.4, 0.5) is 23.7 Å². The minimum atomic E-state index is -4.31. The minimum absolute atomic E-state index is 0.105. The first-order chi connectivity index (χ1) is 11.4. The second kappa shape index (κ2) is 8.27. The lowest BCUT2D eigenvalue weighted by Gasteiger charge is -2.24. The number of para-hydroxylation sites is 1. The average Bonchev–Trinajstić information content (AvgIpc) is 3.01. The molecule has 0 spiro atoms. The fourth-order valence-electron chi connectivity index (χ4n) is 2.46. The summed E-state index contributed by atoms with van der Waals surface area (Å²) in [6.45, 7) is 0.303. The van der Waals surface area contributed by atoms with Gasteiger partial charge in [0.15, 0.2) is 0 Å². The number of halogens is 3. The molecule has 1 saturated heterocycles. The summed E-state index contributed by atoms with van der Waals surface area (Å²) in [6, 6.07) is 7.75. The van der Waals surface area contributed by atoms with Gasteiger partial charge in [-0.3, -0.25) is 4.79 Å². The van der Waals surface area contributed by atoms with Crippen LogP contribution < -0.4 is 10.6 Å². The molecule has 1 aromatic carbocycles. The van der Waals surface area contributed by atoms with Crippen molar-refractivity contribution in [3.05, 3.63) is 30.3 Å². The molecule has 0 unspecified atom stereocenters. The van der Waals surface area contributed by atoms with Gasteiger partial charge in [0, 0.05) is 24.5 Å². The van der Waals surface area contributed by atoms with E-state index in [4.69, 9.17) is 0 Å². The number of nitrogens with zero attached hydrogens (tertiary/aromatic N) is 1. The van der Waals surface area contributed by atoms with Crippen LogP contribution in [0.25, 0.3) is 0 Å². The molecule has 9 heteroatoms. The number of benzene rings is 1. The Labute approximate surface area is 142 Å². The molecule has 0 aliphatic carbocycles. The minimum Gasteiger partial charge on any atom is -0.337 e. The first kappa shape index (κ1) is 18.4. The van der Waals surface area contributed by atoms with E-state index < -0.39 is 17.6 Å². The summed E-state index contributed by atoms with van der Waals surface area (Å²) >= 11 is -0.186. The number of nitrogens with one attached hydrogen (secondary N) is 2. The second-order valence-corrected chi connectivity index (χ2v) is 6.39. The van der Waals surface area contributed by atoms with Crippen molar-refractivity contribution in [3.8, 4) is 0 Å². The van der Waals surface area contributed by atoms with Crippen LogP contribution in [0.2, 0.25) is 0 Å². The van der Waals surface area contributed by atoms with Crippen molar-refractivity contribution in [2.75, 3.05) is 24.2 Å². The lowest BCUT2D eigenvalue weighted by Crippen LogP contribution is -2.48. The maximum atomic E-state index is 12.3. The van der Waals surface area contributed by atoms with E-state index in [2.05, 4.69) is 10.6 Å². The number of alkyl halides is 3. The first-order valence-electron chi connectivity index (χ1n) is 7.48. The molecule has 3 amide bonds. The zero-order chi connectivity index (χ0) is 17.6. The maximum Gasteiger partial charge on any atom is 0.441 e. The zero-order valence-corrected chi connectivity index (χ0v) is 13.6. The summed E-state index contributed by atoms with van der Waals surface area (Å²) in [5.74, 6) is -0.553. The van der Waals surface area contributed by atoms with E-state index >= 15 is 0 Å². The Morgan fingerprint density at radius 3 is 2.62 bits per heavy atom. The first-order valence-corrected chi connectivity index (χ1v) is 8.46. The summed E-state index contributed by atoms with van der Waals surface area (Å²) in [5.41, 5.74) is -3.67. The van der Waals surface area contributed by atoms with Gasteiger partial charge < -0.3 is 15.5 Å². The highest BCUT2D eigenvalue weighted by molar-refractivity contribution is 8.00. The van der Waals surface area contributed by atoms with Gasteiger partial charge >= 0.3 is 11.5 Å². The highest BCUT2D eigenvalue weighted by Crippen LogP contribution is 2.29. The van der Waals surface area contributed by atoms with Crippen molar-refractivity contribution >= 4 is 29.4 Å². The SMILES string of the molecule is O=C(Nc1ccccc1)[C@H]1CCCN1C(=O)NCCSC(F)(F)F. The number of thioether (sulfide) groups is 1. The van der Waals surface area contributed by atoms with E-state index in [-0.39, 0.29) is 30.0 Å². The number of hydrogen-bond donors (Lipinski definition) is 2. The molecule has 0 bridgehead atoms. The third-order valence-electron chi connectivity index (χ3n) is 3.50. The average molecular weight is 361 g/mol. The number of anilines is 1. The van der Waals surface area contributed by atoms with E-state index in [1.165, 1.54) is 4.90 Å². The van der Waals surface area contributed by atoms with Gasteiger partial charge in [0.1, 0.15) is 6.04 Å². The molecule has 2 rings (SSSR count). The monoisotopic (exact) mass is 361 g/mol. The topological polar surface area (TPSA) is 61.4 Å². The van der Waals surface area contributed by atoms with Crippen LogP contribution in [-0.4, -0.2) is 47.2 Å². The highest BCUT2D eigenvalue weighted by Gasteiger charge is 2.34. The van der Waals surface area contributed by atoms with Crippen molar-refractivity contribution in [3.63, 3.8) is 0 Å². The number of likely N-dealkylation sites (tertiary alicyclic amines) is 1. The smallest absolute Gasteiger partial charge is 0.337 e. The molecule has 1 fully saturated rings. The van der Waals surface area contributed by atoms with Crippen molar-refractivity contribution in [2.24, 2.45) is 0 Å². The lowest BCUT2D eigenvalue weighted by molar-refractivity contribution is -0.119. The molecule has 1 atom stereocenters. The van der Waals surface area contributed by atoms with Gasteiger partial charge in [-0.25, -0.2) is 4.79 Å². The third-order valence-corrected chi connectivity index (χ3v) is 4.24. The van der Waals surface area contributed by atoms with Crippen molar-refractivity contribution in [2.45, 2.75) is 24.4 Å². The third kappa shape index (κ3) is 5.63. The van der Waals surface area contributed by atoms with Gasteiger partial charge in [-0.2, -0.15) is 13.2 Å². The fraction of sp³-hybridized carbons (Fsp3) is 0.467. The Kier molecular flexibility index (Phi) is 6.36. The van der Waals surface area contributed by atoms with Crippen LogP contribution in [0.1, 0.15) is 12.8 Å². The standard InChI is InChI=1S/C15H18F3N3O2S/c16-15(17,18)24-10-8-19-14(23)21-9-4-7-12(21)13(22)20-11-5-2-1-3-6-11/h1-3,5-6,12H,4,7-10H2,(H,19,23)(H,20,22)/t12-/m1/s1. The van der Waals surface area contributed by atoms with Crippen molar-refractivity contribution < 1.29 is 22.8 Å². The summed E-state index contributed by atoms with van der Waals surface area (Å²) in [4.78, 5) is 25.8. The van der Waals surface area contributed by atoms with E-state index in [1.54, 1.807) is 24.3 Å². The summed E-state index contributed by atoms with van der Waals surface area (Å²) < 4.78 is 36.1. The zero-order valence-electron chi connectivity index (χ0n) is 12.8. The predicted octanol–water partition coefficient (Wildman–Crippen LogP) is 3.05. The molecule has 1 aliphatic heterocycles. The van der Waals surface area contributed by atoms with E-state index in [0.717, 1.165) is 0 Å². The van der Waals surface area contributed by atoms with Crippen LogP contribution in [0.15, 0.2) is 30.3 Å². The molecule has 24 heavy (non-hydrogen) atoms. The summed E-state index contributed by atoms with van der Waals surface area (Å²) in [7, 11) is 0. The van der Waals surface area contributed by atoms with Crippen LogP contribution in [-0.2, 0) is 4.79 Å². The van der Waals surface area contributed by atoms with Crippen molar-refractivity contribution in [1.29, 1.82) is 0 Å². The predicted molar refractivity (Wildman–Crippen MR) is 86.7 cm³/mol. The molecular weight excluding hydrogens is 343 g/mol. The van der Waals surface area contributed by atoms with Gasteiger partial charge in [-0.05, 0) is 36.7 Å². The molecule has 1 aliphatic rings. The number of rotatable bonds is 5. The van der Waals surface area contributed by atoms with E-state index in [0.29, 0.717) is 25.1 Å². The molecule has 5 nitrogen and oxygen atoms in total. The Hall–Kier alpha value is -1.90. The molecule has 0 radical (unpaired) electrons. The molecule has 132 valence electrons. The molecule has 0 aromatic heterocycles. The largest absolute Gasteiger partial charge is 0.441 e. The van der Waals surface area contributed by atoms with E-state index in [9.17, 15) is 22.8 Å². The Morgan fingerprint density at radius 2 is 1.96 bits per heavy atom. The van der Waals surface area contributed by atoms with Crippen LogP contribution in [0.3, 0.4) is 0 Å². The van der Waals surface area contributed by atoms with Crippen molar-refractivity contribution in [1.82, 2.24) is 10.2 Å². The van der Waals surface area contributed by atoms with Crippen LogP contribution in [0, 0.1) is 0 Å². The molecule has 1 aromatic rings. The van der Waals surface area contributed by atoms with Gasteiger partial charge in [0.2, 0.25) is 5.91 Å². The normalized spacial score (nSPS) is 17.6. The number of carbonyl (C=O) groups is 2. The number of hydrogen-bond acceptors (Lipinski definition) is 3.